The summed E-state index contributed by atoms with van der Waals surface area (Å²) in [6, 6.07) is 9.99. The van der Waals surface area contributed by atoms with Gasteiger partial charge >= 0.3 is 0 Å². The molecule has 0 bridgehead atoms. The molecule has 1 N–H and O–H groups in total. The Morgan fingerprint density at radius 3 is 2.38 bits per heavy atom. The summed E-state index contributed by atoms with van der Waals surface area (Å²) in [5.41, 5.74) is 3.27. The fourth-order valence-corrected chi connectivity index (χ4v) is 3.62. The van der Waals surface area contributed by atoms with Gasteiger partial charge in [-0.05, 0) is 57.3 Å². The molecule has 118 valence electrons. The number of benzene rings is 1. The number of fused-ring (bicyclic) bond motifs is 1. The molecule has 0 aromatic heterocycles. The van der Waals surface area contributed by atoms with Gasteiger partial charge in [-0.2, -0.15) is 0 Å². The maximum Gasteiger partial charge on any atom is 0.0481 e. The van der Waals surface area contributed by atoms with E-state index in [0.717, 1.165) is 6.54 Å². The van der Waals surface area contributed by atoms with E-state index >= 15 is 0 Å². The van der Waals surface area contributed by atoms with Crippen molar-refractivity contribution in [3.8, 4) is 0 Å². The Morgan fingerprint density at radius 2 is 1.81 bits per heavy atom. The third-order valence-corrected chi connectivity index (χ3v) is 5.58. The maximum absolute atomic E-state index is 3.75. The van der Waals surface area contributed by atoms with Gasteiger partial charge in [0.1, 0.15) is 0 Å². The third kappa shape index (κ3) is 3.17. The second-order valence-corrected chi connectivity index (χ2v) is 7.15. The largest absolute Gasteiger partial charge is 0.309 e. The zero-order valence-corrected chi connectivity index (χ0v) is 14.6. The van der Waals surface area contributed by atoms with E-state index < -0.39 is 0 Å². The summed E-state index contributed by atoms with van der Waals surface area (Å²) in [5.74, 6) is 0.635. The number of likely N-dealkylation sites (N-methyl/N-ethyl adjacent to an activating group) is 2. The van der Waals surface area contributed by atoms with Crippen molar-refractivity contribution >= 4 is 0 Å². The van der Waals surface area contributed by atoms with Crippen molar-refractivity contribution in [2.75, 3.05) is 13.6 Å². The highest BCUT2D eigenvalue weighted by molar-refractivity contribution is 5.37. The Bertz CT molecular complexity index is 466. The van der Waals surface area contributed by atoms with Gasteiger partial charge < -0.3 is 5.32 Å². The summed E-state index contributed by atoms with van der Waals surface area (Å²) < 4.78 is 0. The normalized spacial score (nSPS) is 26.0. The zero-order chi connectivity index (χ0) is 15.6. The quantitative estimate of drug-likeness (QED) is 0.867. The lowest BCUT2D eigenvalue weighted by Gasteiger charge is -2.48. The van der Waals surface area contributed by atoms with Crippen molar-refractivity contribution in [1.82, 2.24) is 10.2 Å². The lowest BCUT2D eigenvalue weighted by Crippen LogP contribution is -2.53. The first-order valence-corrected chi connectivity index (χ1v) is 8.47. The minimum atomic E-state index is 0.240. The number of rotatable bonds is 5. The molecule has 1 aromatic carbocycles. The van der Waals surface area contributed by atoms with Crippen molar-refractivity contribution in [2.45, 2.75) is 71.0 Å². The van der Waals surface area contributed by atoms with Crippen LogP contribution in [0.25, 0.3) is 0 Å². The first-order valence-electron chi connectivity index (χ1n) is 8.47. The van der Waals surface area contributed by atoms with E-state index in [-0.39, 0.29) is 5.54 Å². The second-order valence-electron chi connectivity index (χ2n) is 7.15. The van der Waals surface area contributed by atoms with Gasteiger partial charge in [0, 0.05) is 17.6 Å². The van der Waals surface area contributed by atoms with Gasteiger partial charge in [-0.25, -0.2) is 0 Å². The lowest BCUT2D eigenvalue weighted by atomic mass is 9.76. The first-order chi connectivity index (χ1) is 9.92. The fraction of sp³-hybridized carbons (Fsp3) is 0.684. The number of nitrogens with one attached hydrogen (secondary N) is 1. The Labute approximate surface area is 130 Å². The van der Waals surface area contributed by atoms with Gasteiger partial charge in [-0.1, -0.05) is 45.0 Å². The molecule has 0 aliphatic heterocycles. The molecule has 0 spiro atoms. The van der Waals surface area contributed by atoms with Crippen LogP contribution >= 0.6 is 0 Å². The maximum atomic E-state index is 3.75. The van der Waals surface area contributed by atoms with Crippen molar-refractivity contribution < 1.29 is 0 Å². The second kappa shape index (κ2) is 6.50. The van der Waals surface area contributed by atoms with Crippen LogP contribution in [0.5, 0.6) is 0 Å². The van der Waals surface area contributed by atoms with Gasteiger partial charge in [0.15, 0.2) is 0 Å². The molecule has 2 heteroatoms. The van der Waals surface area contributed by atoms with E-state index in [2.05, 4.69) is 76.1 Å². The van der Waals surface area contributed by atoms with E-state index in [1.54, 1.807) is 0 Å². The van der Waals surface area contributed by atoms with Crippen LogP contribution in [0.3, 0.4) is 0 Å². The Morgan fingerprint density at radius 1 is 1.19 bits per heavy atom. The molecule has 3 unspecified atom stereocenters. The van der Waals surface area contributed by atoms with Crippen molar-refractivity contribution in [1.29, 1.82) is 0 Å². The summed E-state index contributed by atoms with van der Waals surface area (Å²) in [4.78, 5) is 2.60. The Balaban J connectivity index is 2.38. The molecular weight excluding hydrogens is 256 g/mol. The zero-order valence-electron chi connectivity index (χ0n) is 14.6. The summed E-state index contributed by atoms with van der Waals surface area (Å²) in [7, 11) is 2.30. The van der Waals surface area contributed by atoms with Crippen molar-refractivity contribution in [2.24, 2.45) is 0 Å². The van der Waals surface area contributed by atoms with Gasteiger partial charge in [0.25, 0.3) is 0 Å². The number of hydrogen-bond acceptors (Lipinski definition) is 2. The monoisotopic (exact) mass is 288 g/mol. The summed E-state index contributed by atoms with van der Waals surface area (Å²) in [6.07, 6.45) is 2.41. The number of hydrogen-bond donors (Lipinski definition) is 1. The van der Waals surface area contributed by atoms with E-state index in [4.69, 9.17) is 0 Å². The molecule has 0 radical (unpaired) electrons. The SMILES string of the molecule is CCNC1c2ccccc2C(C)CC1N(C)C(C)(C)CC. The molecule has 0 fully saturated rings. The van der Waals surface area contributed by atoms with Gasteiger partial charge in [-0.3, -0.25) is 4.90 Å². The molecule has 1 aromatic rings. The molecule has 2 nitrogen and oxygen atoms in total. The van der Waals surface area contributed by atoms with Crippen LogP contribution in [0.2, 0.25) is 0 Å². The smallest absolute Gasteiger partial charge is 0.0481 e. The summed E-state index contributed by atoms with van der Waals surface area (Å²) in [5, 5.41) is 3.75. The molecule has 0 amide bonds. The van der Waals surface area contributed by atoms with Crippen LogP contribution in [0.1, 0.15) is 70.5 Å². The first kappa shape index (κ1) is 16.5. The number of nitrogens with zero attached hydrogens (tertiary/aromatic N) is 1. The third-order valence-electron chi connectivity index (χ3n) is 5.58. The standard InChI is InChI=1S/C19H32N2/c1-7-19(4,5)21(6)17-13-14(3)15-11-9-10-12-16(15)18(17)20-8-2/h9-12,14,17-18,20H,7-8,13H2,1-6H3. The Hall–Kier alpha value is -0.860. The average molecular weight is 288 g/mol. The van der Waals surface area contributed by atoms with Crippen LogP contribution in [-0.2, 0) is 0 Å². The van der Waals surface area contributed by atoms with E-state index in [1.165, 1.54) is 24.0 Å². The molecule has 2 rings (SSSR count). The highest BCUT2D eigenvalue weighted by atomic mass is 15.2. The highest BCUT2D eigenvalue weighted by Crippen LogP contribution is 2.41. The van der Waals surface area contributed by atoms with Crippen LogP contribution in [0.15, 0.2) is 24.3 Å². The molecular formula is C19H32N2. The molecule has 0 heterocycles. The van der Waals surface area contributed by atoms with Gasteiger partial charge in [0.2, 0.25) is 0 Å². The van der Waals surface area contributed by atoms with E-state index in [1.807, 2.05) is 0 Å². The summed E-state index contributed by atoms with van der Waals surface area (Å²) in [6.45, 7) is 12.6. The topological polar surface area (TPSA) is 15.3 Å². The van der Waals surface area contributed by atoms with Gasteiger partial charge in [0.05, 0.1) is 0 Å². The Kier molecular flexibility index (Phi) is 5.11. The van der Waals surface area contributed by atoms with Crippen LogP contribution in [-0.4, -0.2) is 30.1 Å². The predicted octanol–water partition coefficient (Wildman–Crippen LogP) is 4.33. The minimum absolute atomic E-state index is 0.240. The lowest BCUT2D eigenvalue weighted by molar-refractivity contribution is 0.0602. The average Bonchev–Trinajstić information content (AvgIpc) is 2.49. The minimum Gasteiger partial charge on any atom is -0.309 e. The molecule has 1 aliphatic rings. The fourth-order valence-electron chi connectivity index (χ4n) is 3.62. The van der Waals surface area contributed by atoms with Crippen molar-refractivity contribution in [3.05, 3.63) is 35.4 Å². The summed E-state index contributed by atoms with van der Waals surface area (Å²) >= 11 is 0. The molecule has 0 saturated heterocycles. The predicted molar refractivity (Wildman–Crippen MR) is 91.8 cm³/mol. The van der Waals surface area contributed by atoms with E-state index in [9.17, 15) is 0 Å². The molecule has 0 saturated carbocycles. The highest BCUT2D eigenvalue weighted by Gasteiger charge is 2.38. The molecule has 3 atom stereocenters. The van der Waals surface area contributed by atoms with Gasteiger partial charge in [-0.15, -0.1) is 0 Å². The molecule has 21 heavy (non-hydrogen) atoms. The molecule has 1 aliphatic carbocycles. The van der Waals surface area contributed by atoms with E-state index in [0.29, 0.717) is 18.0 Å². The van der Waals surface area contributed by atoms with Crippen LogP contribution in [0.4, 0.5) is 0 Å². The van der Waals surface area contributed by atoms with Crippen molar-refractivity contribution in [3.63, 3.8) is 0 Å². The van der Waals surface area contributed by atoms with Crippen LogP contribution < -0.4 is 5.32 Å². The van der Waals surface area contributed by atoms with Crippen LogP contribution in [0, 0.1) is 0 Å².